The standard InChI is InChI=1S/C18H18N2O5S/c1-10-6-7-13-14(8-10)26-17(15(13)18(22)25-2)19-16(21)11-4-3-5-12(9-11)20(23)24/h3-5,9-10H,6-8H2,1-2H3,(H,19,21). The molecule has 0 fully saturated rings. The number of anilines is 1. The lowest BCUT2D eigenvalue weighted by Crippen LogP contribution is -2.16. The molecule has 1 aromatic heterocycles. The highest BCUT2D eigenvalue weighted by Gasteiger charge is 2.29. The van der Waals surface area contributed by atoms with E-state index in [1.165, 1.54) is 42.7 Å². The van der Waals surface area contributed by atoms with Gasteiger partial charge in [-0.1, -0.05) is 13.0 Å². The summed E-state index contributed by atoms with van der Waals surface area (Å²) in [5.41, 5.74) is 1.34. The molecular formula is C18H18N2O5S. The summed E-state index contributed by atoms with van der Waals surface area (Å²) in [6.07, 6.45) is 2.60. The van der Waals surface area contributed by atoms with Gasteiger partial charge in [0.25, 0.3) is 11.6 Å². The summed E-state index contributed by atoms with van der Waals surface area (Å²) in [5.74, 6) is -0.455. The number of carbonyl (C=O) groups is 2. The monoisotopic (exact) mass is 374 g/mol. The van der Waals surface area contributed by atoms with Crippen LogP contribution in [0.1, 0.15) is 44.5 Å². The van der Waals surface area contributed by atoms with E-state index < -0.39 is 16.8 Å². The van der Waals surface area contributed by atoms with Crippen molar-refractivity contribution in [2.75, 3.05) is 12.4 Å². The summed E-state index contributed by atoms with van der Waals surface area (Å²) in [6, 6.07) is 5.48. The van der Waals surface area contributed by atoms with Gasteiger partial charge in [-0.25, -0.2) is 4.79 Å². The Morgan fingerprint density at radius 2 is 2.15 bits per heavy atom. The zero-order valence-corrected chi connectivity index (χ0v) is 15.2. The number of carbonyl (C=O) groups excluding carboxylic acids is 2. The third kappa shape index (κ3) is 3.45. The second-order valence-electron chi connectivity index (χ2n) is 6.31. The van der Waals surface area contributed by atoms with Crippen LogP contribution in [0, 0.1) is 16.0 Å². The van der Waals surface area contributed by atoms with Crippen LogP contribution in [-0.2, 0) is 17.6 Å². The molecule has 1 aliphatic rings. The largest absolute Gasteiger partial charge is 0.465 e. The van der Waals surface area contributed by atoms with E-state index in [2.05, 4.69) is 12.2 Å². The summed E-state index contributed by atoms with van der Waals surface area (Å²) < 4.78 is 4.89. The third-order valence-corrected chi connectivity index (χ3v) is 5.62. The molecule has 1 unspecified atom stereocenters. The zero-order valence-electron chi connectivity index (χ0n) is 14.4. The SMILES string of the molecule is COC(=O)c1c(NC(=O)c2cccc([N+](=O)[O-])c2)sc2c1CCC(C)C2. The van der Waals surface area contributed by atoms with Crippen molar-refractivity contribution in [3.63, 3.8) is 0 Å². The molecule has 1 aromatic carbocycles. The van der Waals surface area contributed by atoms with Gasteiger partial charge in [0.1, 0.15) is 5.00 Å². The Hall–Kier alpha value is -2.74. The molecule has 136 valence electrons. The van der Waals surface area contributed by atoms with Gasteiger partial charge in [-0.2, -0.15) is 0 Å². The van der Waals surface area contributed by atoms with Crippen molar-refractivity contribution in [3.8, 4) is 0 Å². The van der Waals surface area contributed by atoms with Crippen LogP contribution in [0.4, 0.5) is 10.7 Å². The molecule has 0 spiro atoms. The van der Waals surface area contributed by atoms with Crippen LogP contribution in [0.25, 0.3) is 0 Å². The number of hydrogen-bond acceptors (Lipinski definition) is 6. The van der Waals surface area contributed by atoms with Crippen LogP contribution in [0.3, 0.4) is 0 Å². The number of amides is 1. The van der Waals surface area contributed by atoms with Crippen LogP contribution in [-0.4, -0.2) is 23.9 Å². The number of non-ortho nitro benzene ring substituents is 1. The van der Waals surface area contributed by atoms with E-state index in [9.17, 15) is 19.7 Å². The molecule has 2 aromatic rings. The maximum atomic E-state index is 12.6. The highest BCUT2D eigenvalue weighted by atomic mass is 32.1. The first kappa shape index (κ1) is 18.1. The average Bonchev–Trinajstić information content (AvgIpc) is 2.97. The van der Waals surface area contributed by atoms with Crippen molar-refractivity contribution >= 4 is 33.9 Å². The van der Waals surface area contributed by atoms with E-state index in [1.54, 1.807) is 0 Å². The number of hydrogen-bond donors (Lipinski definition) is 1. The number of fused-ring (bicyclic) bond motifs is 1. The molecule has 7 nitrogen and oxygen atoms in total. The second kappa shape index (κ2) is 7.25. The van der Waals surface area contributed by atoms with E-state index in [0.29, 0.717) is 16.5 Å². The first-order chi connectivity index (χ1) is 12.4. The van der Waals surface area contributed by atoms with E-state index in [-0.39, 0.29) is 11.3 Å². The smallest absolute Gasteiger partial charge is 0.341 e. The Kier molecular flexibility index (Phi) is 5.03. The molecule has 0 saturated heterocycles. The molecule has 0 saturated carbocycles. The summed E-state index contributed by atoms with van der Waals surface area (Å²) in [7, 11) is 1.31. The Bertz CT molecular complexity index is 890. The lowest BCUT2D eigenvalue weighted by molar-refractivity contribution is -0.384. The number of methoxy groups -OCH3 is 1. The highest BCUT2D eigenvalue weighted by molar-refractivity contribution is 7.17. The molecule has 3 rings (SSSR count). The van der Waals surface area contributed by atoms with Gasteiger partial charge in [0, 0.05) is 22.6 Å². The third-order valence-electron chi connectivity index (χ3n) is 4.45. The number of nitrogens with zero attached hydrogens (tertiary/aromatic N) is 1. The van der Waals surface area contributed by atoms with Crippen LogP contribution in [0.5, 0.6) is 0 Å². The van der Waals surface area contributed by atoms with Crippen molar-refractivity contribution in [1.29, 1.82) is 0 Å². The van der Waals surface area contributed by atoms with Crippen LogP contribution in [0.15, 0.2) is 24.3 Å². The summed E-state index contributed by atoms with van der Waals surface area (Å²) in [6.45, 7) is 2.15. The molecular weight excluding hydrogens is 356 g/mol. The number of esters is 1. The fourth-order valence-electron chi connectivity index (χ4n) is 3.09. The quantitative estimate of drug-likeness (QED) is 0.498. The van der Waals surface area contributed by atoms with Gasteiger partial charge < -0.3 is 10.1 Å². The summed E-state index contributed by atoms with van der Waals surface area (Å²) >= 11 is 1.38. The maximum Gasteiger partial charge on any atom is 0.341 e. The Labute approximate surface area is 154 Å². The fourth-order valence-corrected chi connectivity index (χ4v) is 4.49. The minimum atomic E-state index is -0.554. The predicted molar refractivity (Wildman–Crippen MR) is 97.9 cm³/mol. The topological polar surface area (TPSA) is 98.5 Å². The summed E-state index contributed by atoms with van der Waals surface area (Å²) in [4.78, 5) is 36.2. The Morgan fingerprint density at radius 3 is 2.85 bits per heavy atom. The van der Waals surface area contributed by atoms with Crippen molar-refractivity contribution < 1.29 is 19.2 Å². The average molecular weight is 374 g/mol. The van der Waals surface area contributed by atoms with Gasteiger partial charge in [0.05, 0.1) is 17.6 Å². The molecule has 0 radical (unpaired) electrons. The van der Waals surface area contributed by atoms with Gasteiger partial charge in [0.15, 0.2) is 0 Å². The number of thiophene rings is 1. The molecule has 0 bridgehead atoms. The van der Waals surface area contributed by atoms with Gasteiger partial charge >= 0.3 is 5.97 Å². The molecule has 1 aliphatic carbocycles. The maximum absolute atomic E-state index is 12.6. The van der Waals surface area contributed by atoms with E-state index >= 15 is 0 Å². The van der Waals surface area contributed by atoms with Crippen molar-refractivity contribution in [2.24, 2.45) is 5.92 Å². The van der Waals surface area contributed by atoms with Gasteiger partial charge in [-0.05, 0) is 36.8 Å². The van der Waals surface area contributed by atoms with Crippen LogP contribution < -0.4 is 5.32 Å². The molecule has 1 atom stereocenters. The van der Waals surface area contributed by atoms with Gasteiger partial charge in [-0.15, -0.1) is 11.3 Å². The lowest BCUT2D eigenvalue weighted by Gasteiger charge is -2.18. The minimum Gasteiger partial charge on any atom is -0.465 e. The second-order valence-corrected chi connectivity index (χ2v) is 7.41. The molecule has 1 N–H and O–H groups in total. The van der Waals surface area contributed by atoms with Gasteiger partial charge in [0.2, 0.25) is 0 Å². The fraction of sp³-hybridized carbons (Fsp3) is 0.333. The predicted octanol–water partition coefficient (Wildman–Crippen LogP) is 3.82. The van der Waals surface area contributed by atoms with E-state index in [0.717, 1.165) is 29.7 Å². The Balaban J connectivity index is 1.94. The molecule has 26 heavy (non-hydrogen) atoms. The number of nitro benzene ring substituents is 1. The van der Waals surface area contributed by atoms with Crippen molar-refractivity contribution in [1.82, 2.24) is 0 Å². The number of benzene rings is 1. The molecule has 0 aliphatic heterocycles. The number of ether oxygens (including phenoxy) is 1. The first-order valence-corrected chi connectivity index (χ1v) is 9.01. The Morgan fingerprint density at radius 1 is 1.38 bits per heavy atom. The first-order valence-electron chi connectivity index (χ1n) is 8.19. The highest BCUT2D eigenvalue weighted by Crippen LogP contribution is 2.40. The number of rotatable bonds is 4. The summed E-state index contributed by atoms with van der Waals surface area (Å²) in [5, 5.41) is 14.1. The molecule has 8 heteroatoms. The van der Waals surface area contributed by atoms with Crippen molar-refractivity contribution in [3.05, 3.63) is 55.9 Å². The molecule has 1 heterocycles. The van der Waals surface area contributed by atoms with E-state index in [1.807, 2.05) is 0 Å². The van der Waals surface area contributed by atoms with Crippen LogP contribution in [0.2, 0.25) is 0 Å². The van der Waals surface area contributed by atoms with Crippen molar-refractivity contribution in [2.45, 2.75) is 26.2 Å². The normalized spacial score (nSPS) is 15.8. The van der Waals surface area contributed by atoms with E-state index in [4.69, 9.17) is 4.74 Å². The minimum absolute atomic E-state index is 0.162. The zero-order chi connectivity index (χ0) is 18.8. The lowest BCUT2D eigenvalue weighted by atomic mass is 9.88. The van der Waals surface area contributed by atoms with Crippen LogP contribution >= 0.6 is 11.3 Å². The number of nitro groups is 1. The van der Waals surface area contributed by atoms with Gasteiger partial charge in [-0.3, -0.25) is 14.9 Å². The number of nitrogens with one attached hydrogen (secondary N) is 1. The molecule has 1 amide bonds.